The monoisotopic (exact) mass is 348 g/mol. The minimum Gasteiger partial charge on any atom is -0.618 e. The zero-order chi connectivity index (χ0) is 18.4. The van der Waals surface area contributed by atoms with Crippen molar-refractivity contribution in [3.63, 3.8) is 0 Å². The van der Waals surface area contributed by atoms with Crippen molar-refractivity contribution in [1.82, 2.24) is 5.32 Å². The molecule has 1 amide bonds. The summed E-state index contributed by atoms with van der Waals surface area (Å²) in [6.07, 6.45) is 1.31. The third-order valence-electron chi connectivity index (χ3n) is 3.99. The van der Waals surface area contributed by atoms with Crippen molar-refractivity contribution >= 4 is 5.91 Å². The van der Waals surface area contributed by atoms with E-state index in [1.54, 1.807) is 12.1 Å². The van der Waals surface area contributed by atoms with E-state index in [1.807, 2.05) is 61.5 Å². The maximum absolute atomic E-state index is 12.6. The third kappa shape index (κ3) is 4.00. The molecule has 0 spiro atoms. The van der Waals surface area contributed by atoms with Crippen LogP contribution in [0.15, 0.2) is 79.0 Å². The van der Waals surface area contributed by atoms with E-state index < -0.39 is 5.91 Å². The number of hydrogen-bond acceptors (Lipinski definition) is 3. The van der Waals surface area contributed by atoms with Crippen LogP contribution in [0.25, 0.3) is 0 Å². The summed E-state index contributed by atoms with van der Waals surface area (Å²) in [5.41, 5.74) is 1.89. The molecule has 26 heavy (non-hydrogen) atoms. The quantitative estimate of drug-likeness (QED) is 0.549. The van der Waals surface area contributed by atoms with Gasteiger partial charge in [0, 0.05) is 12.1 Å². The maximum Gasteiger partial charge on any atom is 0.318 e. The lowest BCUT2D eigenvalue weighted by molar-refractivity contribution is -0.607. The summed E-state index contributed by atoms with van der Waals surface area (Å²) in [4.78, 5) is 12.6. The van der Waals surface area contributed by atoms with Crippen LogP contribution < -0.4 is 14.8 Å². The Kier molecular flexibility index (Phi) is 5.49. The Morgan fingerprint density at radius 3 is 2.31 bits per heavy atom. The Balaban J connectivity index is 1.91. The van der Waals surface area contributed by atoms with Crippen LogP contribution in [-0.2, 0) is 0 Å². The number of hydrogen-bond donors (Lipinski definition) is 1. The molecule has 1 N–H and O–H groups in total. The molecule has 0 radical (unpaired) electrons. The van der Waals surface area contributed by atoms with E-state index in [9.17, 15) is 10.0 Å². The van der Waals surface area contributed by atoms with E-state index in [0.29, 0.717) is 11.3 Å². The fourth-order valence-electron chi connectivity index (χ4n) is 2.74. The number of rotatable bonds is 6. The van der Waals surface area contributed by atoms with Gasteiger partial charge in [0.15, 0.2) is 6.20 Å². The van der Waals surface area contributed by atoms with Gasteiger partial charge in [-0.1, -0.05) is 42.5 Å². The SMILES string of the molecule is CCOc1ccc(C(NC(=O)c2cccc[n+]2[O-])c2ccccc2)cc1. The minimum absolute atomic E-state index is 0.0550. The molecule has 3 rings (SSSR count). The molecule has 1 atom stereocenters. The van der Waals surface area contributed by atoms with Gasteiger partial charge in [-0.15, -0.1) is 0 Å². The standard InChI is InChI=1S/C21H20N2O3/c1-2-26-18-13-11-17(12-14-18)20(16-8-4-3-5-9-16)22-21(24)19-10-6-7-15-23(19)25/h3-15,20H,2H2,1H3,(H,22,24). The molecule has 132 valence electrons. The van der Waals surface area contributed by atoms with Crippen LogP contribution >= 0.6 is 0 Å². The molecule has 2 aromatic carbocycles. The Morgan fingerprint density at radius 2 is 1.65 bits per heavy atom. The van der Waals surface area contributed by atoms with Crippen molar-refractivity contribution in [3.8, 4) is 5.75 Å². The number of carbonyl (C=O) groups excluding carboxylic acids is 1. The van der Waals surface area contributed by atoms with Crippen LogP contribution in [0.3, 0.4) is 0 Å². The average Bonchev–Trinajstić information content (AvgIpc) is 2.68. The first-order valence-electron chi connectivity index (χ1n) is 8.46. The van der Waals surface area contributed by atoms with Gasteiger partial charge in [0.2, 0.25) is 0 Å². The lowest BCUT2D eigenvalue weighted by Gasteiger charge is -2.20. The minimum atomic E-state index is -0.427. The Bertz CT molecular complexity index is 864. The normalized spacial score (nSPS) is 11.6. The highest BCUT2D eigenvalue weighted by atomic mass is 16.5. The van der Waals surface area contributed by atoms with Gasteiger partial charge in [-0.25, -0.2) is 0 Å². The molecule has 1 aromatic heterocycles. The van der Waals surface area contributed by atoms with Gasteiger partial charge in [0.1, 0.15) is 5.75 Å². The number of nitrogens with one attached hydrogen (secondary N) is 1. The van der Waals surface area contributed by atoms with Crippen LogP contribution in [0, 0.1) is 5.21 Å². The molecular formula is C21H20N2O3. The van der Waals surface area contributed by atoms with Crippen LogP contribution in [0.2, 0.25) is 0 Å². The molecule has 1 heterocycles. The van der Waals surface area contributed by atoms with Crippen LogP contribution in [0.4, 0.5) is 0 Å². The molecule has 1 unspecified atom stereocenters. The van der Waals surface area contributed by atoms with Crippen LogP contribution in [0.5, 0.6) is 5.75 Å². The van der Waals surface area contributed by atoms with Gasteiger partial charge in [-0.3, -0.25) is 4.79 Å². The number of ether oxygens (including phenoxy) is 1. The number of nitrogens with zero attached hydrogens (tertiary/aromatic N) is 1. The molecule has 0 aliphatic carbocycles. The summed E-state index contributed by atoms with van der Waals surface area (Å²) in [5.74, 6) is 0.346. The fourth-order valence-corrected chi connectivity index (χ4v) is 2.74. The number of carbonyl (C=O) groups is 1. The fraction of sp³-hybridized carbons (Fsp3) is 0.143. The van der Waals surface area contributed by atoms with E-state index in [-0.39, 0.29) is 11.7 Å². The van der Waals surface area contributed by atoms with Gasteiger partial charge in [-0.05, 0) is 36.2 Å². The lowest BCUT2D eigenvalue weighted by atomic mass is 9.98. The molecule has 0 aliphatic rings. The predicted molar refractivity (Wildman–Crippen MR) is 98.8 cm³/mol. The van der Waals surface area contributed by atoms with Crippen molar-refractivity contribution in [2.24, 2.45) is 0 Å². The topological polar surface area (TPSA) is 65.3 Å². The number of pyridine rings is 1. The molecular weight excluding hydrogens is 328 g/mol. The molecule has 0 bridgehead atoms. The van der Waals surface area contributed by atoms with E-state index >= 15 is 0 Å². The largest absolute Gasteiger partial charge is 0.618 e. The summed E-state index contributed by atoms with van der Waals surface area (Å²) in [7, 11) is 0. The molecule has 0 saturated carbocycles. The third-order valence-corrected chi connectivity index (χ3v) is 3.99. The summed E-state index contributed by atoms with van der Waals surface area (Å²) >= 11 is 0. The second-order valence-corrected chi connectivity index (χ2v) is 5.73. The van der Waals surface area contributed by atoms with Gasteiger partial charge in [0.05, 0.1) is 12.6 Å². The lowest BCUT2D eigenvalue weighted by Crippen LogP contribution is -2.40. The zero-order valence-corrected chi connectivity index (χ0v) is 14.5. The highest BCUT2D eigenvalue weighted by molar-refractivity contribution is 5.91. The van der Waals surface area contributed by atoms with Crippen LogP contribution in [-0.4, -0.2) is 12.5 Å². The van der Waals surface area contributed by atoms with Crippen molar-refractivity contribution < 1.29 is 14.3 Å². The van der Waals surface area contributed by atoms with Gasteiger partial charge >= 0.3 is 5.91 Å². The number of benzene rings is 2. The van der Waals surface area contributed by atoms with E-state index in [2.05, 4.69) is 5.32 Å². The first kappa shape index (κ1) is 17.5. The molecule has 0 aliphatic heterocycles. The zero-order valence-electron chi connectivity index (χ0n) is 14.5. The van der Waals surface area contributed by atoms with E-state index in [1.165, 1.54) is 12.3 Å². The second-order valence-electron chi connectivity index (χ2n) is 5.73. The van der Waals surface area contributed by atoms with Gasteiger partial charge in [0.25, 0.3) is 5.69 Å². The molecule has 0 fully saturated rings. The van der Waals surface area contributed by atoms with Crippen molar-refractivity contribution in [2.45, 2.75) is 13.0 Å². The second kappa shape index (κ2) is 8.16. The van der Waals surface area contributed by atoms with E-state index in [4.69, 9.17) is 4.74 Å². The molecule has 3 aromatic rings. The Hall–Kier alpha value is -3.34. The molecule has 5 heteroatoms. The predicted octanol–water partition coefficient (Wildman–Crippen LogP) is 3.24. The summed E-state index contributed by atoms with van der Waals surface area (Å²) in [5, 5.41) is 14.8. The smallest absolute Gasteiger partial charge is 0.318 e. The van der Waals surface area contributed by atoms with Gasteiger partial charge < -0.3 is 15.3 Å². The average molecular weight is 348 g/mol. The first-order valence-corrected chi connectivity index (χ1v) is 8.46. The van der Waals surface area contributed by atoms with E-state index in [0.717, 1.165) is 16.9 Å². The van der Waals surface area contributed by atoms with Crippen molar-refractivity contribution in [1.29, 1.82) is 0 Å². The summed E-state index contributed by atoms with van der Waals surface area (Å²) in [6.45, 7) is 2.52. The first-order chi connectivity index (χ1) is 12.7. The van der Waals surface area contributed by atoms with Crippen molar-refractivity contribution in [3.05, 3.63) is 101 Å². The molecule has 0 saturated heterocycles. The molecule has 5 nitrogen and oxygen atoms in total. The summed E-state index contributed by atoms with van der Waals surface area (Å²) in [6, 6.07) is 21.6. The summed E-state index contributed by atoms with van der Waals surface area (Å²) < 4.78 is 6.05. The highest BCUT2D eigenvalue weighted by Crippen LogP contribution is 2.24. The number of aromatic nitrogens is 1. The Morgan fingerprint density at radius 1 is 1.00 bits per heavy atom. The van der Waals surface area contributed by atoms with Gasteiger partial charge in [-0.2, -0.15) is 4.73 Å². The van der Waals surface area contributed by atoms with Crippen LogP contribution in [0.1, 0.15) is 34.6 Å². The van der Waals surface area contributed by atoms with Crippen molar-refractivity contribution in [2.75, 3.05) is 6.61 Å². The number of amides is 1. The highest BCUT2D eigenvalue weighted by Gasteiger charge is 2.22. The Labute approximate surface area is 152 Å². The maximum atomic E-state index is 12.6.